The number of anilines is 2. The minimum Gasteiger partial charge on any atom is -0.388 e. The van der Waals surface area contributed by atoms with Crippen LogP contribution >= 0.6 is 23.2 Å². The Morgan fingerprint density at radius 3 is 2.73 bits per heavy atom. The zero-order chi connectivity index (χ0) is 31.7. The topological polar surface area (TPSA) is 179 Å². The molecule has 2 atom stereocenters. The molecule has 6 N–H and O–H groups in total. The maximum Gasteiger partial charge on any atom is 0.254 e. The minimum absolute atomic E-state index is 0.0228. The molecule has 6 rings (SSSR count). The van der Waals surface area contributed by atoms with E-state index < -0.39 is 6.04 Å². The van der Waals surface area contributed by atoms with Crippen LogP contribution in [-0.4, -0.2) is 40.4 Å². The van der Waals surface area contributed by atoms with E-state index in [-0.39, 0.29) is 22.5 Å². The number of nitrogens with zero attached hydrogens (tertiary/aromatic N) is 7. The van der Waals surface area contributed by atoms with Crippen molar-refractivity contribution >= 4 is 40.5 Å². The normalized spacial score (nSPS) is 17.2. The standard InChI is InChI=1S/C30H29Cl2N11O2/c1-17-3-2-4-25(41-16-36-21(13-28(41)44)20-12-19(31)5-6-24(20)42(34)15-26(32)33)22-11-18(7-9-35-22)29-23(39-30(17)45)14-38-43(29)27-8-10-37-40-27/h5-17,25H,2-4,33-34H2,1H3,(H,37,40)(H,39,45)/b26-15-. The van der Waals surface area contributed by atoms with E-state index in [0.29, 0.717) is 64.1 Å². The number of halogens is 2. The lowest BCUT2D eigenvalue weighted by molar-refractivity contribution is -0.119. The van der Waals surface area contributed by atoms with Gasteiger partial charge in [-0.25, -0.2) is 15.5 Å². The number of fused-ring (bicyclic) bond motifs is 4. The number of amides is 1. The largest absolute Gasteiger partial charge is 0.388 e. The summed E-state index contributed by atoms with van der Waals surface area (Å²) in [6.45, 7) is 1.88. The van der Waals surface area contributed by atoms with E-state index in [9.17, 15) is 9.59 Å². The Bertz CT molecular complexity index is 1950. The Kier molecular flexibility index (Phi) is 8.39. The average Bonchev–Trinajstić information content (AvgIpc) is 3.69. The van der Waals surface area contributed by atoms with Crippen molar-refractivity contribution in [3.05, 3.63) is 99.8 Å². The fourth-order valence-corrected chi connectivity index (χ4v) is 5.68. The molecule has 5 aromatic rings. The number of benzene rings is 1. The number of hydrazine groups is 1. The van der Waals surface area contributed by atoms with Crippen molar-refractivity contribution in [1.82, 2.24) is 34.5 Å². The number of pyridine rings is 1. The van der Waals surface area contributed by atoms with E-state index in [1.54, 1.807) is 52.1 Å². The van der Waals surface area contributed by atoms with E-state index in [2.05, 4.69) is 30.6 Å². The van der Waals surface area contributed by atoms with Crippen LogP contribution in [0.25, 0.3) is 28.3 Å². The lowest BCUT2D eigenvalue weighted by Gasteiger charge is -2.23. The quantitative estimate of drug-likeness (QED) is 0.121. The van der Waals surface area contributed by atoms with Crippen LogP contribution in [0.5, 0.6) is 0 Å². The molecule has 1 aromatic carbocycles. The van der Waals surface area contributed by atoms with Gasteiger partial charge in [0.15, 0.2) is 5.82 Å². The summed E-state index contributed by atoms with van der Waals surface area (Å²) in [4.78, 5) is 36.3. The first kappa shape index (κ1) is 30.1. The second-order valence-electron chi connectivity index (χ2n) is 10.7. The first-order valence-corrected chi connectivity index (χ1v) is 14.9. The number of hydrogen-bond donors (Lipinski definition) is 4. The van der Waals surface area contributed by atoms with Crippen LogP contribution in [0.15, 0.2) is 83.5 Å². The Balaban J connectivity index is 1.45. The predicted molar refractivity (Wildman–Crippen MR) is 172 cm³/mol. The second-order valence-corrected chi connectivity index (χ2v) is 11.5. The molecule has 4 aromatic heterocycles. The molecule has 1 amide bonds. The molecule has 45 heavy (non-hydrogen) atoms. The van der Waals surface area contributed by atoms with Gasteiger partial charge in [-0.3, -0.25) is 29.2 Å². The molecule has 0 aliphatic carbocycles. The molecule has 0 radical (unpaired) electrons. The van der Waals surface area contributed by atoms with Gasteiger partial charge in [0.1, 0.15) is 5.16 Å². The summed E-state index contributed by atoms with van der Waals surface area (Å²) in [5, 5.41) is 16.3. The fraction of sp³-hybridized carbons (Fsp3) is 0.200. The van der Waals surface area contributed by atoms with Gasteiger partial charge in [-0.2, -0.15) is 10.2 Å². The van der Waals surface area contributed by atoms with E-state index in [4.69, 9.17) is 34.8 Å². The van der Waals surface area contributed by atoms with Gasteiger partial charge in [-0.05, 0) is 43.2 Å². The van der Waals surface area contributed by atoms with Crippen LogP contribution in [0.1, 0.15) is 37.9 Å². The third-order valence-corrected chi connectivity index (χ3v) is 7.97. The number of carbonyl (C=O) groups excluding carboxylic acids is 1. The molecule has 13 nitrogen and oxygen atoms in total. The van der Waals surface area contributed by atoms with Crippen molar-refractivity contribution < 1.29 is 4.79 Å². The van der Waals surface area contributed by atoms with Gasteiger partial charge >= 0.3 is 0 Å². The molecule has 1 aliphatic heterocycles. The zero-order valence-corrected chi connectivity index (χ0v) is 25.6. The van der Waals surface area contributed by atoms with E-state index in [0.717, 1.165) is 5.56 Å². The van der Waals surface area contributed by atoms with Gasteiger partial charge in [0.2, 0.25) is 5.91 Å². The molecular formula is C30H29Cl2N11O2. The van der Waals surface area contributed by atoms with Gasteiger partial charge < -0.3 is 11.1 Å². The molecule has 15 heteroatoms. The molecule has 0 saturated heterocycles. The Morgan fingerprint density at radius 2 is 1.98 bits per heavy atom. The monoisotopic (exact) mass is 645 g/mol. The number of H-pyrrole nitrogens is 1. The lowest BCUT2D eigenvalue weighted by Crippen LogP contribution is -2.28. The summed E-state index contributed by atoms with van der Waals surface area (Å²) >= 11 is 12.1. The Morgan fingerprint density at radius 1 is 1.13 bits per heavy atom. The number of carbonyl (C=O) groups is 1. The smallest absolute Gasteiger partial charge is 0.254 e. The lowest BCUT2D eigenvalue weighted by atomic mass is 9.97. The summed E-state index contributed by atoms with van der Waals surface area (Å²) in [6, 6.07) is 11.5. The van der Waals surface area contributed by atoms with Gasteiger partial charge in [-0.15, -0.1) is 0 Å². The molecule has 2 unspecified atom stereocenters. The first-order chi connectivity index (χ1) is 21.7. The highest BCUT2D eigenvalue weighted by Crippen LogP contribution is 2.35. The number of aromatic nitrogens is 7. The highest BCUT2D eigenvalue weighted by Gasteiger charge is 2.25. The van der Waals surface area contributed by atoms with Gasteiger partial charge in [0.25, 0.3) is 5.56 Å². The number of hydrogen-bond acceptors (Lipinski definition) is 9. The van der Waals surface area contributed by atoms with Crippen molar-refractivity contribution in [3.63, 3.8) is 0 Å². The van der Waals surface area contributed by atoms with Crippen molar-refractivity contribution in [2.45, 2.75) is 32.2 Å². The van der Waals surface area contributed by atoms with Gasteiger partial charge in [-0.1, -0.05) is 36.5 Å². The van der Waals surface area contributed by atoms with Crippen LogP contribution in [0, 0.1) is 5.92 Å². The number of rotatable bonds is 5. The maximum atomic E-state index is 13.8. The summed E-state index contributed by atoms with van der Waals surface area (Å²) < 4.78 is 3.20. The van der Waals surface area contributed by atoms with E-state index in [1.807, 2.05) is 19.1 Å². The summed E-state index contributed by atoms with van der Waals surface area (Å²) in [5.41, 5.74) is 9.25. The van der Waals surface area contributed by atoms with E-state index in [1.165, 1.54) is 23.6 Å². The number of nitrogens with two attached hydrogens (primary N) is 2. The zero-order valence-electron chi connectivity index (χ0n) is 24.1. The molecule has 230 valence electrons. The highest BCUT2D eigenvalue weighted by atomic mass is 35.5. The Hall–Kier alpha value is -4.98. The van der Waals surface area contributed by atoms with Gasteiger partial charge in [0.05, 0.1) is 53.2 Å². The van der Waals surface area contributed by atoms with E-state index >= 15 is 0 Å². The van der Waals surface area contributed by atoms with Crippen molar-refractivity contribution in [1.29, 1.82) is 0 Å². The van der Waals surface area contributed by atoms with Crippen LogP contribution in [0.3, 0.4) is 0 Å². The summed E-state index contributed by atoms with van der Waals surface area (Å²) in [6.07, 6.45) is 9.61. The molecule has 0 spiro atoms. The molecule has 5 heterocycles. The fourth-order valence-electron chi connectivity index (χ4n) is 5.41. The predicted octanol–water partition coefficient (Wildman–Crippen LogP) is 4.56. The first-order valence-electron chi connectivity index (χ1n) is 14.1. The maximum absolute atomic E-state index is 13.8. The molecule has 0 fully saturated rings. The minimum atomic E-state index is -0.470. The Labute approximate surface area is 267 Å². The number of aromatic amines is 1. The third-order valence-electron chi connectivity index (χ3n) is 7.64. The molecule has 2 bridgehead atoms. The SMILES string of the molecule is CC1CCCC(n2cnc(-c3cc(Cl)ccc3N(N)/C=C(\N)Cl)cc2=O)c2cc(ccn2)-c2c(cnn2-c2cc[nH]n2)NC1=O. The van der Waals surface area contributed by atoms with Crippen molar-refractivity contribution in [3.8, 4) is 28.3 Å². The third kappa shape index (κ3) is 6.18. The van der Waals surface area contributed by atoms with Gasteiger partial charge in [0, 0.05) is 46.6 Å². The molecular weight excluding hydrogens is 617 g/mol. The van der Waals surface area contributed by atoms with Crippen LogP contribution in [0.4, 0.5) is 11.4 Å². The molecule has 0 saturated carbocycles. The van der Waals surface area contributed by atoms with Crippen molar-refractivity contribution in [2.75, 3.05) is 10.3 Å². The number of nitrogens with one attached hydrogen (secondary N) is 2. The molecule has 1 aliphatic rings. The van der Waals surface area contributed by atoms with Crippen molar-refractivity contribution in [2.24, 2.45) is 17.5 Å². The van der Waals surface area contributed by atoms with Crippen LogP contribution in [0.2, 0.25) is 5.02 Å². The average molecular weight is 647 g/mol. The summed E-state index contributed by atoms with van der Waals surface area (Å²) in [5.74, 6) is 6.31. The summed E-state index contributed by atoms with van der Waals surface area (Å²) in [7, 11) is 0. The van der Waals surface area contributed by atoms with Crippen LogP contribution in [-0.2, 0) is 4.79 Å². The second kappa shape index (κ2) is 12.6. The van der Waals surface area contributed by atoms with Crippen LogP contribution < -0.4 is 27.5 Å². The highest BCUT2D eigenvalue weighted by molar-refractivity contribution is 6.31.